The first-order chi connectivity index (χ1) is 8.19. The van der Waals surface area contributed by atoms with E-state index < -0.39 is 0 Å². The average Bonchev–Trinajstić information content (AvgIpc) is 2.76. The smallest absolute Gasteiger partial charge is 0.226 e. The first-order valence-electron chi connectivity index (χ1n) is 5.96. The van der Waals surface area contributed by atoms with E-state index in [4.69, 9.17) is 5.26 Å². The van der Waals surface area contributed by atoms with Gasteiger partial charge < -0.3 is 4.90 Å². The topological polar surface area (TPSA) is 44.1 Å². The van der Waals surface area contributed by atoms with E-state index in [9.17, 15) is 4.79 Å². The molecular formula is C14H16N2O. The first kappa shape index (κ1) is 11.7. The maximum absolute atomic E-state index is 12.0. The molecule has 0 saturated carbocycles. The van der Waals surface area contributed by atoms with Crippen LogP contribution in [-0.4, -0.2) is 23.9 Å². The van der Waals surface area contributed by atoms with Crippen LogP contribution in [0, 0.1) is 17.2 Å². The summed E-state index contributed by atoms with van der Waals surface area (Å²) >= 11 is 0. The predicted octanol–water partition coefficient (Wildman–Crippen LogP) is 1.97. The van der Waals surface area contributed by atoms with Gasteiger partial charge >= 0.3 is 0 Å². The second-order valence-electron chi connectivity index (χ2n) is 4.72. The number of carbonyl (C=O) groups excluding carboxylic acids is 1. The van der Waals surface area contributed by atoms with Crippen molar-refractivity contribution in [1.82, 2.24) is 4.90 Å². The van der Waals surface area contributed by atoms with Gasteiger partial charge in [-0.05, 0) is 30.0 Å². The van der Waals surface area contributed by atoms with E-state index in [0.717, 1.165) is 25.1 Å². The van der Waals surface area contributed by atoms with Crippen LogP contribution in [0.5, 0.6) is 0 Å². The van der Waals surface area contributed by atoms with Gasteiger partial charge in [-0.2, -0.15) is 5.26 Å². The maximum atomic E-state index is 12.0. The van der Waals surface area contributed by atoms with Crippen molar-refractivity contribution in [3.05, 3.63) is 35.4 Å². The van der Waals surface area contributed by atoms with Crippen LogP contribution >= 0.6 is 0 Å². The fourth-order valence-corrected chi connectivity index (χ4v) is 2.20. The van der Waals surface area contributed by atoms with Gasteiger partial charge in [0.1, 0.15) is 0 Å². The van der Waals surface area contributed by atoms with E-state index in [1.54, 1.807) is 12.1 Å². The lowest BCUT2D eigenvalue weighted by Gasteiger charge is -2.15. The molecule has 0 unspecified atom stereocenters. The highest BCUT2D eigenvalue weighted by Gasteiger charge is 2.22. The minimum absolute atomic E-state index is 0.171. The Labute approximate surface area is 102 Å². The molecule has 1 aromatic carbocycles. The molecular weight excluding hydrogens is 212 g/mol. The number of hydrogen-bond donors (Lipinski definition) is 0. The Morgan fingerprint density at radius 1 is 1.59 bits per heavy atom. The molecule has 0 aromatic heterocycles. The quantitative estimate of drug-likeness (QED) is 0.776. The minimum Gasteiger partial charge on any atom is -0.342 e. The molecule has 0 aliphatic carbocycles. The number of rotatable bonds is 2. The summed E-state index contributed by atoms with van der Waals surface area (Å²) < 4.78 is 0. The highest BCUT2D eigenvalue weighted by atomic mass is 16.2. The maximum Gasteiger partial charge on any atom is 0.226 e. The lowest BCUT2D eigenvalue weighted by molar-refractivity contribution is -0.129. The predicted molar refractivity (Wildman–Crippen MR) is 65.2 cm³/mol. The largest absolute Gasteiger partial charge is 0.342 e. The Hall–Kier alpha value is -1.82. The van der Waals surface area contributed by atoms with Crippen molar-refractivity contribution in [1.29, 1.82) is 5.26 Å². The zero-order valence-corrected chi connectivity index (χ0v) is 10.0. The molecule has 88 valence electrons. The van der Waals surface area contributed by atoms with Crippen LogP contribution in [0.3, 0.4) is 0 Å². The molecule has 3 nitrogen and oxygen atoms in total. The first-order valence-corrected chi connectivity index (χ1v) is 5.96. The molecule has 1 atom stereocenters. The summed E-state index contributed by atoms with van der Waals surface area (Å²) in [7, 11) is 0. The van der Waals surface area contributed by atoms with Crippen LogP contribution in [0.4, 0.5) is 0 Å². The molecule has 1 amide bonds. The summed E-state index contributed by atoms with van der Waals surface area (Å²) in [6.07, 6.45) is 1.51. The molecule has 1 heterocycles. The summed E-state index contributed by atoms with van der Waals surface area (Å²) in [5, 5.41) is 8.80. The number of likely N-dealkylation sites (tertiary alicyclic amines) is 1. The summed E-state index contributed by atoms with van der Waals surface area (Å²) in [6, 6.07) is 9.37. The third kappa shape index (κ3) is 2.85. The molecule has 1 aliphatic heterocycles. The Balaban J connectivity index is 2.01. The minimum atomic E-state index is 0.171. The van der Waals surface area contributed by atoms with Gasteiger partial charge in [-0.25, -0.2) is 0 Å². The number of nitriles is 1. The van der Waals surface area contributed by atoms with Crippen LogP contribution in [0.1, 0.15) is 24.5 Å². The molecule has 1 aliphatic rings. The highest BCUT2D eigenvalue weighted by Crippen LogP contribution is 2.16. The molecule has 1 aromatic rings. The second-order valence-corrected chi connectivity index (χ2v) is 4.72. The van der Waals surface area contributed by atoms with Crippen molar-refractivity contribution < 1.29 is 4.79 Å². The van der Waals surface area contributed by atoms with Crippen molar-refractivity contribution in [2.45, 2.75) is 19.8 Å². The molecule has 17 heavy (non-hydrogen) atoms. The Morgan fingerprint density at radius 2 is 2.41 bits per heavy atom. The van der Waals surface area contributed by atoms with E-state index in [1.807, 2.05) is 17.0 Å². The lowest BCUT2D eigenvalue weighted by atomic mass is 10.1. The number of nitrogens with zero attached hydrogens (tertiary/aromatic N) is 2. The molecule has 1 saturated heterocycles. The molecule has 0 N–H and O–H groups in total. The average molecular weight is 228 g/mol. The normalized spacial score (nSPS) is 19.1. The van der Waals surface area contributed by atoms with E-state index in [-0.39, 0.29) is 5.91 Å². The number of benzene rings is 1. The monoisotopic (exact) mass is 228 g/mol. The van der Waals surface area contributed by atoms with Gasteiger partial charge in [0.2, 0.25) is 5.91 Å². The molecule has 0 radical (unpaired) electrons. The van der Waals surface area contributed by atoms with Crippen LogP contribution in [0.2, 0.25) is 0 Å². The molecule has 0 bridgehead atoms. The Morgan fingerprint density at radius 3 is 3.06 bits per heavy atom. The second kappa shape index (κ2) is 5.01. The van der Waals surface area contributed by atoms with Crippen molar-refractivity contribution in [3.8, 4) is 6.07 Å². The van der Waals surface area contributed by atoms with Gasteiger partial charge in [0, 0.05) is 13.1 Å². The third-order valence-corrected chi connectivity index (χ3v) is 3.19. The van der Waals surface area contributed by atoms with Crippen molar-refractivity contribution in [2.75, 3.05) is 13.1 Å². The van der Waals surface area contributed by atoms with E-state index in [1.165, 1.54) is 0 Å². The molecule has 2 rings (SSSR count). The molecule has 1 fully saturated rings. The van der Waals surface area contributed by atoms with Gasteiger partial charge in [0.05, 0.1) is 18.1 Å². The van der Waals surface area contributed by atoms with Crippen LogP contribution in [0.15, 0.2) is 24.3 Å². The van der Waals surface area contributed by atoms with E-state index in [0.29, 0.717) is 17.9 Å². The van der Waals surface area contributed by atoms with Gasteiger partial charge in [-0.3, -0.25) is 4.79 Å². The van der Waals surface area contributed by atoms with E-state index >= 15 is 0 Å². The van der Waals surface area contributed by atoms with Gasteiger partial charge in [0.25, 0.3) is 0 Å². The standard InChI is InChI=1S/C14H16N2O/c1-11-5-6-16(10-11)14(17)8-12-3-2-4-13(7-12)9-15/h2-4,7,11H,5-6,8,10H2,1H3/t11-/m1/s1. The molecule has 0 spiro atoms. The Kier molecular flexibility index (Phi) is 3.43. The SMILES string of the molecule is C[C@@H]1CCN(C(=O)Cc2cccc(C#N)c2)C1. The van der Waals surface area contributed by atoms with Gasteiger partial charge in [-0.1, -0.05) is 19.1 Å². The summed E-state index contributed by atoms with van der Waals surface area (Å²) in [5.74, 6) is 0.786. The number of hydrogen-bond acceptors (Lipinski definition) is 2. The summed E-state index contributed by atoms with van der Waals surface area (Å²) in [5.41, 5.74) is 1.54. The van der Waals surface area contributed by atoms with E-state index in [2.05, 4.69) is 13.0 Å². The van der Waals surface area contributed by atoms with Crippen molar-refractivity contribution in [3.63, 3.8) is 0 Å². The van der Waals surface area contributed by atoms with Crippen molar-refractivity contribution in [2.24, 2.45) is 5.92 Å². The fourth-order valence-electron chi connectivity index (χ4n) is 2.20. The highest BCUT2D eigenvalue weighted by molar-refractivity contribution is 5.79. The number of amides is 1. The molecule has 3 heteroatoms. The van der Waals surface area contributed by atoms with Crippen LogP contribution < -0.4 is 0 Å². The zero-order valence-electron chi connectivity index (χ0n) is 10.0. The Bertz CT molecular complexity index is 462. The number of carbonyl (C=O) groups is 1. The zero-order chi connectivity index (χ0) is 12.3. The summed E-state index contributed by atoms with van der Waals surface area (Å²) in [6.45, 7) is 3.91. The van der Waals surface area contributed by atoms with Crippen molar-refractivity contribution >= 4 is 5.91 Å². The van der Waals surface area contributed by atoms with Crippen LogP contribution in [-0.2, 0) is 11.2 Å². The lowest BCUT2D eigenvalue weighted by Crippen LogP contribution is -2.29. The van der Waals surface area contributed by atoms with Gasteiger partial charge in [0.15, 0.2) is 0 Å². The van der Waals surface area contributed by atoms with Gasteiger partial charge in [-0.15, -0.1) is 0 Å². The van der Waals surface area contributed by atoms with Crippen LogP contribution in [0.25, 0.3) is 0 Å². The fraction of sp³-hybridized carbons (Fsp3) is 0.429. The third-order valence-electron chi connectivity index (χ3n) is 3.19. The summed E-state index contributed by atoms with van der Waals surface area (Å²) in [4.78, 5) is 13.9.